The van der Waals surface area contributed by atoms with Crippen LogP contribution in [0.4, 0.5) is 0 Å². The van der Waals surface area contributed by atoms with Gasteiger partial charge >= 0.3 is 0 Å². The van der Waals surface area contributed by atoms with E-state index in [4.69, 9.17) is 14.2 Å². The van der Waals surface area contributed by atoms with Gasteiger partial charge in [-0.25, -0.2) is 0 Å². The summed E-state index contributed by atoms with van der Waals surface area (Å²) in [4.78, 5) is 0. The van der Waals surface area contributed by atoms with Gasteiger partial charge in [-0.2, -0.15) is 0 Å². The molecular formula is C13H19BrO3. The monoisotopic (exact) mass is 302 g/mol. The summed E-state index contributed by atoms with van der Waals surface area (Å²) in [6.45, 7) is 3.34. The molecular weight excluding hydrogens is 284 g/mol. The lowest BCUT2D eigenvalue weighted by Crippen LogP contribution is -2.06. The Bertz CT molecular complexity index is 304. The Morgan fingerprint density at radius 2 is 1.76 bits per heavy atom. The van der Waals surface area contributed by atoms with Crippen LogP contribution in [0.5, 0.6) is 0 Å². The molecule has 0 atom stereocenters. The summed E-state index contributed by atoms with van der Waals surface area (Å²) in [5.74, 6) is 0. The molecule has 1 aromatic carbocycles. The Labute approximate surface area is 111 Å². The van der Waals surface area contributed by atoms with Crippen molar-refractivity contribution in [3.63, 3.8) is 0 Å². The highest BCUT2D eigenvalue weighted by molar-refractivity contribution is 9.10. The molecule has 0 amide bonds. The molecule has 0 aliphatic heterocycles. The molecule has 0 bridgehead atoms. The molecule has 0 aliphatic rings. The van der Waals surface area contributed by atoms with Gasteiger partial charge in [-0.15, -0.1) is 0 Å². The molecule has 0 heterocycles. The van der Waals surface area contributed by atoms with Gasteiger partial charge in [-0.3, -0.25) is 0 Å². The Balaban J connectivity index is 1.99. The molecule has 0 spiro atoms. The molecule has 4 heteroatoms. The standard InChI is InChI=1S/C13H19BrO3/c1-15-7-4-8-16-9-10-17-11-12-5-2-3-6-13(12)14/h2-3,5-6H,4,7-11H2,1H3. The van der Waals surface area contributed by atoms with Crippen molar-refractivity contribution in [2.45, 2.75) is 13.0 Å². The summed E-state index contributed by atoms with van der Waals surface area (Å²) < 4.78 is 16.9. The van der Waals surface area contributed by atoms with Crippen LogP contribution in [0, 0.1) is 0 Å². The summed E-state index contributed by atoms with van der Waals surface area (Å²) in [5.41, 5.74) is 1.16. The quantitative estimate of drug-likeness (QED) is 0.656. The Hall–Kier alpha value is -0.420. The van der Waals surface area contributed by atoms with Crippen molar-refractivity contribution in [3.05, 3.63) is 34.3 Å². The van der Waals surface area contributed by atoms with Gasteiger partial charge < -0.3 is 14.2 Å². The van der Waals surface area contributed by atoms with Crippen molar-refractivity contribution in [2.75, 3.05) is 33.5 Å². The van der Waals surface area contributed by atoms with Gasteiger partial charge in [0.2, 0.25) is 0 Å². The fourth-order valence-corrected chi connectivity index (χ4v) is 1.72. The number of benzene rings is 1. The van der Waals surface area contributed by atoms with Crippen molar-refractivity contribution < 1.29 is 14.2 Å². The molecule has 3 nitrogen and oxygen atoms in total. The fraction of sp³-hybridized carbons (Fsp3) is 0.538. The molecule has 0 aliphatic carbocycles. The van der Waals surface area contributed by atoms with Crippen LogP contribution in [-0.2, 0) is 20.8 Å². The second kappa shape index (κ2) is 9.59. The van der Waals surface area contributed by atoms with Crippen LogP contribution in [0.3, 0.4) is 0 Å². The van der Waals surface area contributed by atoms with Crippen LogP contribution in [-0.4, -0.2) is 33.5 Å². The van der Waals surface area contributed by atoms with Crippen LogP contribution in [0.15, 0.2) is 28.7 Å². The Morgan fingerprint density at radius 3 is 2.53 bits per heavy atom. The van der Waals surface area contributed by atoms with Crippen LogP contribution >= 0.6 is 15.9 Å². The maximum absolute atomic E-state index is 5.52. The first-order valence-electron chi connectivity index (χ1n) is 5.72. The van der Waals surface area contributed by atoms with Gasteiger partial charge in [0.1, 0.15) is 0 Å². The van der Waals surface area contributed by atoms with Gasteiger partial charge in [-0.05, 0) is 18.1 Å². The number of hydrogen-bond donors (Lipinski definition) is 0. The van der Waals surface area contributed by atoms with Crippen LogP contribution in [0.1, 0.15) is 12.0 Å². The molecule has 0 N–H and O–H groups in total. The molecule has 0 fully saturated rings. The average Bonchev–Trinajstić information content (AvgIpc) is 2.35. The molecule has 0 aromatic heterocycles. The van der Waals surface area contributed by atoms with Crippen molar-refractivity contribution in [2.24, 2.45) is 0 Å². The maximum atomic E-state index is 5.52. The van der Waals surface area contributed by atoms with E-state index in [0.717, 1.165) is 29.7 Å². The topological polar surface area (TPSA) is 27.7 Å². The fourth-order valence-electron chi connectivity index (χ4n) is 1.32. The van der Waals surface area contributed by atoms with Crippen LogP contribution in [0.2, 0.25) is 0 Å². The number of halogens is 1. The van der Waals surface area contributed by atoms with E-state index >= 15 is 0 Å². The summed E-state index contributed by atoms with van der Waals surface area (Å²) in [7, 11) is 1.70. The molecule has 1 rings (SSSR count). The Kier molecular flexibility index (Phi) is 8.26. The van der Waals surface area contributed by atoms with E-state index in [2.05, 4.69) is 15.9 Å². The number of ether oxygens (including phenoxy) is 3. The van der Waals surface area contributed by atoms with Crippen molar-refractivity contribution in [1.82, 2.24) is 0 Å². The zero-order chi connectivity index (χ0) is 12.3. The third kappa shape index (κ3) is 6.78. The zero-order valence-electron chi connectivity index (χ0n) is 10.2. The van der Waals surface area contributed by atoms with Crippen LogP contribution in [0.25, 0.3) is 0 Å². The molecule has 0 unspecified atom stereocenters. The van der Waals surface area contributed by atoms with Gasteiger partial charge in [-0.1, -0.05) is 34.1 Å². The summed E-state index contributed by atoms with van der Waals surface area (Å²) >= 11 is 3.48. The third-order valence-corrected chi connectivity index (χ3v) is 3.00. The number of rotatable bonds is 9. The third-order valence-electron chi connectivity index (χ3n) is 2.22. The highest BCUT2D eigenvalue weighted by Crippen LogP contribution is 2.16. The van der Waals surface area contributed by atoms with E-state index in [1.165, 1.54) is 0 Å². The van der Waals surface area contributed by atoms with E-state index in [-0.39, 0.29) is 0 Å². The minimum absolute atomic E-state index is 0.614. The van der Waals surface area contributed by atoms with Gasteiger partial charge in [0.05, 0.1) is 19.8 Å². The average molecular weight is 303 g/mol. The SMILES string of the molecule is COCCCOCCOCc1ccccc1Br. The number of hydrogen-bond acceptors (Lipinski definition) is 3. The molecule has 0 saturated heterocycles. The summed E-state index contributed by atoms with van der Waals surface area (Å²) in [6, 6.07) is 8.06. The molecule has 0 radical (unpaired) electrons. The molecule has 0 saturated carbocycles. The van der Waals surface area contributed by atoms with Crippen molar-refractivity contribution in [1.29, 1.82) is 0 Å². The van der Waals surface area contributed by atoms with Gasteiger partial charge in [0, 0.05) is 24.8 Å². The minimum Gasteiger partial charge on any atom is -0.385 e. The first kappa shape index (κ1) is 14.6. The lowest BCUT2D eigenvalue weighted by Gasteiger charge is -2.07. The minimum atomic E-state index is 0.614. The second-order valence-electron chi connectivity index (χ2n) is 3.60. The smallest absolute Gasteiger partial charge is 0.0728 e. The van der Waals surface area contributed by atoms with E-state index < -0.39 is 0 Å². The van der Waals surface area contributed by atoms with E-state index in [9.17, 15) is 0 Å². The van der Waals surface area contributed by atoms with E-state index in [1.54, 1.807) is 7.11 Å². The normalized spacial score (nSPS) is 10.7. The predicted molar refractivity (Wildman–Crippen MR) is 71.1 cm³/mol. The van der Waals surface area contributed by atoms with E-state index in [0.29, 0.717) is 19.8 Å². The Morgan fingerprint density at radius 1 is 1.00 bits per heavy atom. The highest BCUT2D eigenvalue weighted by atomic mass is 79.9. The first-order chi connectivity index (χ1) is 8.34. The van der Waals surface area contributed by atoms with Gasteiger partial charge in [0.25, 0.3) is 0 Å². The lowest BCUT2D eigenvalue weighted by molar-refractivity contribution is 0.0335. The maximum Gasteiger partial charge on any atom is 0.0728 e. The lowest BCUT2D eigenvalue weighted by atomic mass is 10.2. The second-order valence-corrected chi connectivity index (χ2v) is 4.46. The summed E-state index contributed by atoms with van der Waals surface area (Å²) in [5, 5.41) is 0. The van der Waals surface area contributed by atoms with Gasteiger partial charge in [0.15, 0.2) is 0 Å². The van der Waals surface area contributed by atoms with E-state index in [1.807, 2.05) is 24.3 Å². The zero-order valence-corrected chi connectivity index (χ0v) is 11.7. The molecule has 1 aromatic rings. The predicted octanol–water partition coefficient (Wildman–Crippen LogP) is 3.02. The van der Waals surface area contributed by atoms with Crippen molar-refractivity contribution in [3.8, 4) is 0 Å². The highest BCUT2D eigenvalue weighted by Gasteiger charge is 1.98. The van der Waals surface area contributed by atoms with Crippen LogP contribution < -0.4 is 0 Å². The van der Waals surface area contributed by atoms with Crippen molar-refractivity contribution >= 4 is 15.9 Å². The first-order valence-corrected chi connectivity index (χ1v) is 6.51. The number of methoxy groups -OCH3 is 1. The molecule has 96 valence electrons. The molecule has 17 heavy (non-hydrogen) atoms. The summed E-state index contributed by atoms with van der Waals surface area (Å²) in [6.07, 6.45) is 0.931. The largest absolute Gasteiger partial charge is 0.385 e.